The van der Waals surface area contributed by atoms with Crippen LogP contribution in [0.4, 0.5) is 0 Å². The van der Waals surface area contributed by atoms with Crippen molar-refractivity contribution in [2.45, 2.75) is 33.1 Å². The first-order valence-electron chi connectivity index (χ1n) is 6.75. The molecular weight excluding hydrogens is 236 g/mol. The van der Waals surface area contributed by atoms with Crippen molar-refractivity contribution >= 4 is 0 Å². The molecule has 0 saturated carbocycles. The molecule has 0 aliphatic rings. The molecular formula is C17H22O2. The average molecular weight is 258 g/mol. The number of aromatic hydroxyl groups is 2. The Balaban J connectivity index is 0.000000312. The Morgan fingerprint density at radius 2 is 1.16 bits per heavy atom. The van der Waals surface area contributed by atoms with Gasteiger partial charge in [0.1, 0.15) is 11.5 Å². The van der Waals surface area contributed by atoms with Crippen LogP contribution in [-0.4, -0.2) is 10.2 Å². The summed E-state index contributed by atoms with van der Waals surface area (Å²) in [6.45, 7) is 4.42. The second-order valence-corrected chi connectivity index (χ2v) is 4.45. The first-order chi connectivity index (χ1) is 9.17. The zero-order chi connectivity index (χ0) is 14.1. The highest BCUT2D eigenvalue weighted by atomic mass is 16.3. The minimum Gasteiger partial charge on any atom is -0.508 e. The highest BCUT2D eigenvalue weighted by Crippen LogP contribution is 2.25. The van der Waals surface area contributed by atoms with Crippen molar-refractivity contribution in [2.75, 3.05) is 0 Å². The standard InChI is InChI=1S/C12H10O2.C5H12/c13-11-5-1-3-9(7-11)10-4-2-6-12(14)8-10;1-3-5-4-2/h1-8,13-14H;3-5H2,1-2H3. The van der Waals surface area contributed by atoms with Gasteiger partial charge in [0.2, 0.25) is 0 Å². The summed E-state index contributed by atoms with van der Waals surface area (Å²) in [6, 6.07) is 13.9. The van der Waals surface area contributed by atoms with Gasteiger partial charge in [-0.1, -0.05) is 57.4 Å². The molecule has 2 nitrogen and oxygen atoms in total. The minimum atomic E-state index is 0.228. The van der Waals surface area contributed by atoms with Gasteiger partial charge in [0.05, 0.1) is 0 Å². The fraction of sp³-hybridized carbons (Fsp3) is 0.294. The third-order valence-electron chi connectivity index (χ3n) is 2.73. The lowest BCUT2D eigenvalue weighted by Gasteiger charge is -2.02. The van der Waals surface area contributed by atoms with Crippen LogP contribution in [-0.2, 0) is 0 Å². The van der Waals surface area contributed by atoms with Gasteiger partial charge in [-0.15, -0.1) is 0 Å². The maximum atomic E-state index is 9.28. The molecule has 0 radical (unpaired) electrons. The Hall–Kier alpha value is -1.96. The summed E-state index contributed by atoms with van der Waals surface area (Å²) in [5.74, 6) is 0.455. The van der Waals surface area contributed by atoms with E-state index in [0.717, 1.165) is 11.1 Å². The largest absolute Gasteiger partial charge is 0.508 e. The van der Waals surface area contributed by atoms with Crippen molar-refractivity contribution in [1.29, 1.82) is 0 Å². The summed E-state index contributed by atoms with van der Waals surface area (Å²) in [5, 5.41) is 18.6. The minimum absolute atomic E-state index is 0.228. The Labute approximate surface area is 115 Å². The monoisotopic (exact) mass is 258 g/mol. The van der Waals surface area contributed by atoms with Crippen molar-refractivity contribution in [3.05, 3.63) is 48.5 Å². The molecule has 0 aromatic heterocycles. The number of rotatable bonds is 3. The normalized spacial score (nSPS) is 9.58. The van der Waals surface area contributed by atoms with E-state index in [1.54, 1.807) is 36.4 Å². The lowest BCUT2D eigenvalue weighted by Crippen LogP contribution is -1.76. The number of hydrogen-bond acceptors (Lipinski definition) is 2. The Morgan fingerprint density at radius 1 is 0.737 bits per heavy atom. The molecule has 0 unspecified atom stereocenters. The lowest BCUT2D eigenvalue weighted by atomic mass is 10.1. The molecule has 0 bridgehead atoms. The summed E-state index contributed by atoms with van der Waals surface area (Å²) in [7, 11) is 0. The average Bonchev–Trinajstić information content (AvgIpc) is 2.40. The zero-order valence-corrected chi connectivity index (χ0v) is 11.6. The molecule has 2 aromatic carbocycles. The van der Waals surface area contributed by atoms with Gasteiger partial charge in [-0.25, -0.2) is 0 Å². The van der Waals surface area contributed by atoms with Crippen molar-refractivity contribution in [3.8, 4) is 22.6 Å². The van der Waals surface area contributed by atoms with Crippen molar-refractivity contribution < 1.29 is 10.2 Å². The smallest absolute Gasteiger partial charge is 0.116 e. The molecule has 102 valence electrons. The topological polar surface area (TPSA) is 40.5 Å². The van der Waals surface area contributed by atoms with Gasteiger partial charge in [0.15, 0.2) is 0 Å². The van der Waals surface area contributed by atoms with E-state index in [4.69, 9.17) is 0 Å². The molecule has 0 fully saturated rings. The van der Waals surface area contributed by atoms with Crippen molar-refractivity contribution in [3.63, 3.8) is 0 Å². The predicted octanol–water partition coefficient (Wildman–Crippen LogP) is 4.96. The van der Waals surface area contributed by atoms with E-state index in [2.05, 4.69) is 13.8 Å². The van der Waals surface area contributed by atoms with Gasteiger partial charge in [-0.2, -0.15) is 0 Å². The predicted molar refractivity (Wildman–Crippen MR) is 80.4 cm³/mol. The van der Waals surface area contributed by atoms with E-state index in [1.165, 1.54) is 19.3 Å². The third-order valence-corrected chi connectivity index (χ3v) is 2.73. The molecule has 2 N–H and O–H groups in total. The fourth-order valence-electron chi connectivity index (χ4n) is 1.72. The van der Waals surface area contributed by atoms with Crippen LogP contribution < -0.4 is 0 Å². The van der Waals surface area contributed by atoms with Crippen LogP contribution in [0.5, 0.6) is 11.5 Å². The molecule has 0 heterocycles. The Kier molecular flexibility index (Phi) is 6.51. The van der Waals surface area contributed by atoms with Crippen LogP contribution in [0.25, 0.3) is 11.1 Å². The van der Waals surface area contributed by atoms with Gasteiger partial charge in [0.25, 0.3) is 0 Å². The summed E-state index contributed by atoms with van der Waals surface area (Å²) in [6.07, 6.45) is 4.08. The van der Waals surface area contributed by atoms with Crippen LogP contribution in [0.15, 0.2) is 48.5 Å². The van der Waals surface area contributed by atoms with E-state index in [-0.39, 0.29) is 11.5 Å². The summed E-state index contributed by atoms with van der Waals surface area (Å²) in [5.41, 5.74) is 1.78. The van der Waals surface area contributed by atoms with Gasteiger partial charge in [-0.3, -0.25) is 0 Å². The Morgan fingerprint density at radius 3 is 1.42 bits per heavy atom. The quantitative estimate of drug-likeness (QED) is 0.816. The molecule has 0 aliphatic carbocycles. The maximum absolute atomic E-state index is 9.28. The van der Waals surface area contributed by atoms with Gasteiger partial charge in [-0.05, 0) is 35.4 Å². The number of phenolic OH excluding ortho intramolecular Hbond substituents is 2. The van der Waals surface area contributed by atoms with Crippen molar-refractivity contribution in [2.24, 2.45) is 0 Å². The maximum Gasteiger partial charge on any atom is 0.116 e. The summed E-state index contributed by atoms with van der Waals surface area (Å²) in [4.78, 5) is 0. The molecule has 2 aromatic rings. The van der Waals surface area contributed by atoms with E-state index in [1.807, 2.05) is 12.1 Å². The highest BCUT2D eigenvalue weighted by molar-refractivity contribution is 5.66. The number of hydrogen-bond donors (Lipinski definition) is 2. The molecule has 19 heavy (non-hydrogen) atoms. The summed E-state index contributed by atoms with van der Waals surface area (Å²) >= 11 is 0. The molecule has 0 saturated heterocycles. The van der Waals surface area contributed by atoms with Crippen LogP contribution in [0.1, 0.15) is 33.1 Å². The number of phenols is 2. The van der Waals surface area contributed by atoms with E-state index in [0.29, 0.717) is 0 Å². The number of benzene rings is 2. The van der Waals surface area contributed by atoms with Crippen LogP contribution >= 0.6 is 0 Å². The molecule has 0 atom stereocenters. The van der Waals surface area contributed by atoms with Gasteiger partial charge < -0.3 is 10.2 Å². The first kappa shape index (κ1) is 15.1. The van der Waals surface area contributed by atoms with Crippen molar-refractivity contribution in [1.82, 2.24) is 0 Å². The first-order valence-corrected chi connectivity index (χ1v) is 6.75. The molecule has 2 heteroatoms. The van der Waals surface area contributed by atoms with Gasteiger partial charge in [0, 0.05) is 0 Å². The van der Waals surface area contributed by atoms with Crippen LogP contribution in [0.2, 0.25) is 0 Å². The number of unbranched alkanes of at least 4 members (excludes halogenated alkanes) is 2. The molecule has 2 rings (SSSR count). The summed E-state index contributed by atoms with van der Waals surface area (Å²) < 4.78 is 0. The van der Waals surface area contributed by atoms with Gasteiger partial charge >= 0.3 is 0 Å². The third kappa shape index (κ3) is 5.47. The second-order valence-electron chi connectivity index (χ2n) is 4.45. The molecule has 0 amide bonds. The SMILES string of the molecule is CCCCC.Oc1cccc(-c2cccc(O)c2)c1. The van der Waals surface area contributed by atoms with Crippen LogP contribution in [0.3, 0.4) is 0 Å². The van der Waals surface area contributed by atoms with E-state index < -0.39 is 0 Å². The molecule has 0 aliphatic heterocycles. The second kappa shape index (κ2) is 8.20. The van der Waals surface area contributed by atoms with E-state index in [9.17, 15) is 10.2 Å². The van der Waals surface area contributed by atoms with E-state index >= 15 is 0 Å². The zero-order valence-electron chi connectivity index (χ0n) is 11.6. The Bertz CT molecular complexity index is 447. The van der Waals surface area contributed by atoms with Crippen LogP contribution in [0, 0.1) is 0 Å². The highest BCUT2D eigenvalue weighted by Gasteiger charge is 1.98. The molecule has 0 spiro atoms. The fourth-order valence-corrected chi connectivity index (χ4v) is 1.72. The lowest BCUT2D eigenvalue weighted by molar-refractivity contribution is 0.474.